The number of hydrogen-bond donors (Lipinski definition) is 1. The van der Waals surface area contributed by atoms with Crippen molar-refractivity contribution in [3.05, 3.63) is 64.7 Å². The highest BCUT2D eigenvalue weighted by molar-refractivity contribution is 5.81. The monoisotopic (exact) mass is 316 g/mol. The number of aromatic amines is 1. The van der Waals surface area contributed by atoms with Gasteiger partial charge in [-0.1, -0.05) is 36.8 Å². The molecule has 1 saturated carbocycles. The molecule has 1 aliphatic rings. The van der Waals surface area contributed by atoms with Gasteiger partial charge in [0.15, 0.2) is 5.65 Å². The van der Waals surface area contributed by atoms with Gasteiger partial charge < -0.3 is 4.98 Å². The van der Waals surface area contributed by atoms with Gasteiger partial charge in [-0.3, -0.25) is 4.79 Å². The van der Waals surface area contributed by atoms with Gasteiger partial charge in [-0.05, 0) is 24.5 Å². The molecule has 1 aromatic carbocycles. The summed E-state index contributed by atoms with van der Waals surface area (Å²) in [5.74, 6) is 0.539. The molecule has 0 amide bonds. The maximum atomic E-state index is 12.6. The Balaban J connectivity index is 1.74. The molecule has 1 N–H and O–H groups in total. The van der Waals surface area contributed by atoms with Gasteiger partial charge in [-0.25, -0.2) is 4.98 Å². The van der Waals surface area contributed by atoms with Crippen LogP contribution < -0.4 is 5.56 Å². The van der Waals surface area contributed by atoms with Crippen molar-refractivity contribution in [2.45, 2.75) is 25.2 Å². The van der Waals surface area contributed by atoms with Crippen molar-refractivity contribution in [2.24, 2.45) is 0 Å². The van der Waals surface area contributed by atoms with E-state index in [0.29, 0.717) is 17.1 Å². The first-order valence-corrected chi connectivity index (χ1v) is 8.27. The van der Waals surface area contributed by atoms with E-state index in [2.05, 4.69) is 9.97 Å². The molecule has 1 fully saturated rings. The Kier molecular flexibility index (Phi) is 2.82. The van der Waals surface area contributed by atoms with Crippen LogP contribution in [0, 0.1) is 0 Å². The van der Waals surface area contributed by atoms with Gasteiger partial charge in [0, 0.05) is 29.1 Å². The summed E-state index contributed by atoms with van der Waals surface area (Å²) in [4.78, 5) is 20.1. The third-order valence-corrected chi connectivity index (χ3v) is 4.92. The van der Waals surface area contributed by atoms with Crippen molar-refractivity contribution in [3.8, 4) is 11.1 Å². The van der Waals surface area contributed by atoms with Crippen molar-refractivity contribution < 1.29 is 0 Å². The van der Waals surface area contributed by atoms with E-state index in [1.165, 1.54) is 19.3 Å². The van der Waals surface area contributed by atoms with Crippen LogP contribution in [-0.2, 0) is 0 Å². The Morgan fingerprint density at radius 1 is 1.12 bits per heavy atom. The molecule has 0 atom stereocenters. The van der Waals surface area contributed by atoms with Crippen LogP contribution in [0.15, 0.2) is 53.5 Å². The molecule has 3 aromatic heterocycles. The summed E-state index contributed by atoms with van der Waals surface area (Å²) < 4.78 is 1.76. The van der Waals surface area contributed by atoms with Gasteiger partial charge in [0.25, 0.3) is 5.56 Å². The van der Waals surface area contributed by atoms with Crippen molar-refractivity contribution in [1.82, 2.24) is 19.6 Å². The predicted molar refractivity (Wildman–Crippen MR) is 93.1 cm³/mol. The highest BCUT2D eigenvalue weighted by atomic mass is 16.1. The molecular weight excluding hydrogens is 300 g/mol. The number of fused-ring (bicyclic) bond motifs is 3. The number of pyridine rings is 1. The molecule has 3 heterocycles. The van der Waals surface area contributed by atoms with Crippen molar-refractivity contribution in [2.75, 3.05) is 0 Å². The molecule has 0 bridgehead atoms. The quantitative estimate of drug-likeness (QED) is 0.615. The Labute approximate surface area is 138 Å². The van der Waals surface area contributed by atoms with E-state index in [9.17, 15) is 4.79 Å². The minimum atomic E-state index is -0.109. The van der Waals surface area contributed by atoms with Crippen LogP contribution >= 0.6 is 0 Å². The zero-order valence-corrected chi connectivity index (χ0v) is 13.1. The number of nitrogens with zero attached hydrogens (tertiary/aromatic N) is 3. The van der Waals surface area contributed by atoms with Crippen molar-refractivity contribution in [1.29, 1.82) is 0 Å². The predicted octanol–water partition coefficient (Wildman–Crippen LogP) is 3.51. The summed E-state index contributed by atoms with van der Waals surface area (Å²) >= 11 is 0. The Morgan fingerprint density at radius 3 is 2.71 bits per heavy atom. The summed E-state index contributed by atoms with van der Waals surface area (Å²) in [7, 11) is 0. The smallest absolute Gasteiger partial charge is 0.257 e. The number of benzene rings is 1. The zero-order valence-electron chi connectivity index (χ0n) is 13.1. The Morgan fingerprint density at radius 2 is 1.96 bits per heavy atom. The molecule has 5 nitrogen and oxygen atoms in total. The lowest BCUT2D eigenvalue weighted by Gasteiger charge is -2.22. The van der Waals surface area contributed by atoms with E-state index in [-0.39, 0.29) is 5.56 Å². The SMILES string of the molecule is O=c1[nH]c2c(cnc3cc(C4CCC4)nn32)cc1-c1ccccc1. The normalized spacial score (nSPS) is 15.0. The molecule has 1 aliphatic carbocycles. The molecule has 118 valence electrons. The number of hydrogen-bond acceptors (Lipinski definition) is 3. The topological polar surface area (TPSA) is 63.0 Å². The van der Waals surface area contributed by atoms with Gasteiger partial charge in [0.2, 0.25) is 0 Å². The lowest BCUT2D eigenvalue weighted by Crippen LogP contribution is -2.12. The van der Waals surface area contributed by atoms with Crippen molar-refractivity contribution in [3.63, 3.8) is 0 Å². The Hall–Kier alpha value is -2.95. The lowest BCUT2D eigenvalue weighted by atomic mass is 9.83. The van der Waals surface area contributed by atoms with E-state index in [1.807, 2.05) is 42.5 Å². The third kappa shape index (κ3) is 1.98. The average molecular weight is 316 g/mol. The van der Waals surface area contributed by atoms with Gasteiger partial charge >= 0.3 is 0 Å². The van der Waals surface area contributed by atoms with E-state index in [1.54, 1.807) is 10.7 Å². The van der Waals surface area contributed by atoms with Crippen LogP contribution in [0.4, 0.5) is 0 Å². The first-order chi connectivity index (χ1) is 11.8. The fourth-order valence-electron chi connectivity index (χ4n) is 3.33. The first kappa shape index (κ1) is 13.5. The molecular formula is C19H16N4O. The summed E-state index contributed by atoms with van der Waals surface area (Å²) in [5.41, 5.74) is 4.01. The van der Waals surface area contributed by atoms with E-state index < -0.39 is 0 Å². The minimum absolute atomic E-state index is 0.109. The molecule has 0 aliphatic heterocycles. The highest BCUT2D eigenvalue weighted by Gasteiger charge is 2.23. The van der Waals surface area contributed by atoms with Gasteiger partial charge in [0.05, 0.1) is 5.69 Å². The van der Waals surface area contributed by atoms with Gasteiger partial charge in [-0.2, -0.15) is 9.61 Å². The molecule has 5 heteroatoms. The number of nitrogens with one attached hydrogen (secondary N) is 1. The minimum Gasteiger partial charge on any atom is -0.306 e. The van der Waals surface area contributed by atoms with Gasteiger partial charge in [-0.15, -0.1) is 0 Å². The van der Waals surface area contributed by atoms with Crippen LogP contribution in [0.5, 0.6) is 0 Å². The fraction of sp³-hybridized carbons (Fsp3) is 0.211. The first-order valence-electron chi connectivity index (χ1n) is 8.27. The second kappa shape index (κ2) is 5.03. The zero-order chi connectivity index (χ0) is 16.1. The second-order valence-electron chi connectivity index (χ2n) is 6.41. The van der Waals surface area contributed by atoms with Crippen LogP contribution in [-0.4, -0.2) is 19.6 Å². The maximum absolute atomic E-state index is 12.6. The molecule has 0 saturated heterocycles. The molecule has 0 spiro atoms. The molecule has 0 radical (unpaired) electrons. The summed E-state index contributed by atoms with van der Waals surface area (Å²) in [6.07, 6.45) is 5.45. The lowest BCUT2D eigenvalue weighted by molar-refractivity contribution is 0.410. The van der Waals surface area contributed by atoms with Crippen LogP contribution in [0.3, 0.4) is 0 Å². The fourth-order valence-corrected chi connectivity index (χ4v) is 3.33. The molecule has 24 heavy (non-hydrogen) atoms. The van der Waals surface area contributed by atoms with E-state index in [0.717, 1.165) is 22.3 Å². The van der Waals surface area contributed by atoms with Crippen LogP contribution in [0.2, 0.25) is 0 Å². The van der Waals surface area contributed by atoms with Crippen LogP contribution in [0.1, 0.15) is 30.9 Å². The number of rotatable bonds is 2. The highest BCUT2D eigenvalue weighted by Crippen LogP contribution is 2.36. The van der Waals surface area contributed by atoms with Crippen molar-refractivity contribution >= 4 is 16.7 Å². The molecule has 4 aromatic rings. The Bertz CT molecular complexity index is 1110. The average Bonchev–Trinajstić information content (AvgIpc) is 2.97. The summed E-state index contributed by atoms with van der Waals surface area (Å²) in [6.45, 7) is 0. The maximum Gasteiger partial charge on any atom is 0.257 e. The summed E-state index contributed by atoms with van der Waals surface area (Å²) in [5, 5.41) is 5.57. The summed E-state index contributed by atoms with van der Waals surface area (Å²) in [6, 6.07) is 13.6. The largest absolute Gasteiger partial charge is 0.306 e. The number of aromatic nitrogens is 4. The van der Waals surface area contributed by atoms with Crippen LogP contribution in [0.25, 0.3) is 27.8 Å². The van der Waals surface area contributed by atoms with Gasteiger partial charge in [0.1, 0.15) is 5.65 Å². The molecule has 5 rings (SSSR count). The van der Waals surface area contributed by atoms with E-state index in [4.69, 9.17) is 5.10 Å². The third-order valence-electron chi connectivity index (χ3n) is 4.92. The molecule has 0 unspecified atom stereocenters. The standard InChI is InChI=1S/C19H16N4O/c24-19-15(12-5-2-1-3-6-12)9-14-11-20-17-10-16(13-7-4-8-13)22-23(17)18(14)21-19/h1-3,5-6,9-11,13H,4,7-8H2,(H,21,24). The van der Waals surface area contributed by atoms with E-state index >= 15 is 0 Å². The second-order valence-corrected chi connectivity index (χ2v) is 6.41. The number of H-pyrrole nitrogens is 1.